The van der Waals surface area contributed by atoms with Gasteiger partial charge in [0.1, 0.15) is 0 Å². The molecule has 8 heteroatoms. The number of amides is 1. The monoisotopic (exact) mass is 448 g/mol. The van der Waals surface area contributed by atoms with E-state index in [0.29, 0.717) is 30.2 Å². The molecule has 31 heavy (non-hydrogen) atoms. The average molecular weight is 449 g/mol. The summed E-state index contributed by atoms with van der Waals surface area (Å²) >= 11 is 0. The Labute approximate surface area is 185 Å². The van der Waals surface area contributed by atoms with Gasteiger partial charge in [-0.2, -0.15) is 0 Å². The summed E-state index contributed by atoms with van der Waals surface area (Å²) in [6.07, 6.45) is 1.84. The van der Waals surface area contributed by atoms with Gasteiger partial charge in [-0.15, -0.1) is 0 Å². The van der Waals surface area contributed by atoms with Gasteiger partial charge in [0.2, 0.25) is 15.9 Å². The van der Waals surface area contributed by atoms with E-state index < -0.39 is 10.0 Å². The number of carbonyl (C=O) groups excluding carboxylic acids is 1. The second-order valence-corrected chi connectivity index (χ2v) is 9.56. The summed E-state index contributed by atoms with van der Waals surface area (Å²) < 4.78 is 36.7. The molecule has 1 amide bonds. The van der Waals surface area contributed by atoms with Crippen molar-refractivity contribution in [2.45, 2.75) is 40.2 Å². The molecule has 0 saturated carbocycles. The van der Waals surface area contributed by atoms with Gasteiger partial charge < -0.3 is 14.8 Å². The van der Waals surface area contributed by atoms with Crippen molar-refractivity contribution in [3.8, 4) is 11.5 Å². The Morgan fingerprint density at radius 3 is 2.16 bits per heavy atom. The Hall–Kier alpha value is -2.74. The third-order valence-corrected chi connectivity index (χ3v) is 6.15. The molecular weight excluding hydrogens is 416 g/mol. The quantitative estimate of drug-likeness (QED) is 0.601. The molecule has 0 radical (unpaired) electrons. The Morgan fingerprint density at radius 2 is 1.61 bits per heavy atom. The van der Waals surface area contributed by atoms with E-state index in [4.69, 9.17) is 9.47 Å². The van der Waals surface area contributed by atoms with Gasteiger partial charge in [0.05, 0.1) is 26.2 Å². The smallest absolute Gasteiger partial charge is 0.232 e. The molecule has 7 nitrogen and oxygen atoms in total. The average Bonchev–Trinajstić information content (AvgIpc) is 2.69. The fraction of sp³-hybridized carbons (Fsp3) is 0.435. The topological polar surface area (TPSA) is 84.9 Å². The van der Waals surface area contributed by atoms with Crippen LogP contribution in [-0.4, -0.2) is 41.3 Å². The van der Waals surface area contributed by atoms with Crippen molar-refractivity contribution in [2.24, 2.45) is 0 Å². The summed E-state index contributed by atoms with van der Waals surface area (Å²) in [6.45, 7) is 6.39. The molecule has 0 aliphatic carbocycles. The maximum absolute atomic E-state index is 12.4. The van der Waals surface area contributed by atoms with Crippen molar-refractivity contribution in [1.82, 2.24) is 5.32 Å². The highest BCUT2D eigenvalue weighted by Gasteiger charge is 2.21. The van der Waals surface area contributed by atoms with Crippen LogP contribution in [0.1, 0.15) is 35.1 Å². The largest absolute Gasteiger partial charge is 0.493 e. The predicted molar refractivity (Wildman–Crippen MR) is 123 cm³/mol. The minimum Gasteiger partial charge on any atom is -0.493 e. The minimum absolute atomic E-state index is 0.138. The number of nitrogens with zero attached hydrogens (tertiary/aromatic N) is 1. The molecule has 1 N–H and O–H groups in total. The van der Waals surface area contributed by atoms with Crippen LogP contribution >= 0.6 is 0 Å². The summed E-state index contributed by atoms with van der Waals surface area (Å²) in [5.41, 5.74) is 4.47. The lowest BCUT2D eigenvalue weighted by Gasteiger charge is -2.26. The molecule has 0 aliphatic rings. The summed E-state index contributed by atoms with van der Waals surface area (Å²) in [5, 5.41) is 2.87. The molecule has 2 rings (SSSR count). The van der Waals surface area contributed by atoms with E-state index in [1.807, 2.05) is 45.0 Å². The number of ether oxygens (including phenoxy) is 2. The SMILES string of the molecule is COc1ccc(CNC(=O)CCCN(c2c(C)cc(C)cc2C)S(C)(=O)=O)cc1OC. The molecule has 0 atom stereocenters. The molecule has 0 spiro atoms. The summed E-state index contributed by atoms with van der Waals surface area (Å²) in [7, 11) is -0.339. The molecule has 0 unspecified atom stereocenters. The van der Waals surface area contributed by atoms with Gasteiger partial charge in [0.25, 0.3) is 0 Å². The van der Waals surface area contributed by atoms with Gasteiger partial charge in [-0.1, -0.05) is 23.8 Å². The van der Waals surface area contributed by atoms with Crippen molar-refractivity contribution in [2.75, 3.05) is 31.3 Å². The Balaban J connectivity index is 1.98. The van der Waals surface area contributed by atoms with Gasteiger partial charge in [0, 0.05) is 19.5 Å². The summed E-state index contributed by atoms with van der Waals surface area (Å²) in [5.74, 6) is 1.09. The number of hydrogen-bond donors (Lipinski definition) is 1. The highest BCUT2D eigenvalue weighted by atomic mass is 32.2. The molecule has 0 aromatic heterocycles. The first-order chi connectivity index (χ1) is 14.6. The van der Waals surface area contributed by atoms with Crippen LogP contribution < -0.4 is 19.1 Å². The van der Waals surface area contributed by atoms with E-state index in [-0.39, 0.29) is 18.9 Å². The van der Waals surface area contributed by atoms with Crippen LogP contribution in [0.3, 0.4) is 0 Å². The number of carbonyl (C=O) groups is 1. The summed E-state index contributed by atoms with van der Waals surface area (Å²) in [4.78, 5) is 12.3. The van der Waals surface area contributed by atoms with Crippen LogP contribution in [0, 0.1) is 20.8 Å². The van der Waals surface area contributed by atoms with Crippen molar-refractivity contribution in [1.29, 1.82) is 0 Å². The third kappa shape index (κ3) is 6.62. The van der Waals surface area contributed by atoms with Gasteiger partial charge >= 0.3 is 0 Å². The fourth-order valence-electron chi connectivity index (χ4n) is 3.67. The van der Waals surface area contributed by atoms with E-state index in [0.717, 1.165) is 22.3 Å². The second kappa shape index (κ2) is 10.5. The number of rotatable bonds is 10. The molecule has 0 fully saturated rings. The van der Waals surface area contributed by atoms with Gasteiger partial charge in [0.15, 0.2) is 11.5 Å². The van der Waals surface area contributed by atoms with Crippen LogP contribution in [0.15, 0.2) is 30.3 Å². The Bertz CT molecular complexity index is 1010. The molecule has 0 bridgehead atoms. The maximum atomic E-state index is 12.4. The van der Waals surface area contributed by atoms with Gasteiger partial charge in [-0.05, 0) is 56.0 Å². The zero-order valence-corrected chi connectivity index (χ0v) is 19.9. The van der Waals surface area contributed by atoms with E-state index in [1.165, 1.54) is 10.6 Å². The lowest BCUT2D eigenvalue weighted by molar-refractivity contribution is -0.121. The number of nitrogens with one attached hydrogen (secondary N) is 1. The normalized spacial score (nSPS) is 11.2. The first-order valence-electron chi connectivity index (χ1n) is 10.1. The lowest BCUT2D eigenvalue weighted by atomic mass is 10.0. The number of hydrogen-bond acceptors (Lipinski definition) is 5. The Kier molecular flexibility index (Phi) is 8.33. The number of sulfonamides is 1. The van der Waals surface area contributed by atoms with Crippen molar-refractivity contribution in [3.63, 3.8) is 0 Å². The van der Waals surface area contributed by atoms with Crippen LogP contribution in [0.2, 0.25) is 0 Å². The Morgan fingerprint density at radius 1 is 1.00 bits per heavy atom. The molecule has 0 heterocycles. The van der Waals surface area contributed by atoms with Gasteiger partial charge in [-0.3, -0.25) is 9.10 Å². The number of anilines is 1. The fourth-order valence-corrected chi connectivity index (χ4v) is 4.75. The van der Waals surface area contributed by atoms with Crippen LogP contribution in [0.25, 0.3) is 0 Å². The molecule has 0 saturated heterocycles. The molecule has 170 valence electrons. The summed E-state index contributed by atoms with van der Waals surface area (Å²) in [6, 6.07) is 9.40. The van der Waals surface area contributed by atoms with Crippen molar-refractivity contribution < 1.29 is 22.7 Å². The number of methoxy groups -OCH3 is 2. The number of aryl methyl sites for hydroxylation is 3. The number of benzene rings is 2. The van der Waals surface area contributed by atoms with Crippen molar-refractivity contribution >= 4 is 21.6 Å². The third-order valence-electron chi connectivity index (χ3n) is 4.99. The highest BCUT2D eigenvalue weighted by Crippen LogP contribution is 2.29. The molecule has 0 aliphatic heterocycles. The lowest BCUT2D eigenvalue weighted by Crippen LogP contribution is -2.33. The first kappa shape index (κ1) is 24.5. The molecular formula is C23H32N2O5S. The second-order valence-electron chi connectivity index (χ2n) is 7.65. The van der Waals surface area contributed by atoms with E-state index in [9.17, 15) is 13.2 Å². The van der Waals surface area contributed by atoms with Crippen molar-refractivity contribution in [3.05, 3.63) is 52.6 Å². The van der Waals surface area contributed by atoms with E-state index in [1.54, 1.807) is 20.3 Å². The van der Waals surface area contributed by atoms with Crippen LogP contribution in [0.4, 0.5) is 5.69 Å². The van der Waals surface area contributed by atoms with E-state index in [2.05, 4.69) is 5.32 Å². The van der Waals surface area contributed by atoms with Crippen LogP contribution in [-0.2, 0) is 21.4 Å². The predicted octanol–water partition coefficient (Wildman–Crippen LogP) is 3.49. The van der Waals surface area contributed by atoms with Gasteiger partial charge in [-0.25, -0.2) is 8.42 Å². The van der Waals surface area contributed by atoms with Crippen LogP contribution in [0.5, 0.6) is 11.5 Å². The highest BCUT2D eigenvalue weighted by molar-refractivity contribution is 7.92. The minimum atomic E-state index is -3.47. The first-order valence-corrected chi connectivity index (χ1v) is 11.9. The molecule has 2 aromatic rings. The zero-order valence-electron chi connectivity index (χ0n) is 19.1. The zero-order chi connectivity index (χ0) is 23.2. The maximum Gasteiger partial charge on any atom is 0.232 e. The standard InChI is InChI=1S/C23H32N2O5S/c1-16-12-17(2)23(18(3)13-16)25(31(6,27)28)11-7-8-22(26)24-15-19-9-10-20(29-4)21(14-19)30-5/h9-10,12-14H,7-8,11,15H2,1-6H3,(H,24,26). The molecule has 2 aromatic carbocycles. The van der Waals surface area contributed by atoms with E-state index >= 15 is 0 Å².